The second kappa shape index (κ2) is 14.0. The lowest BCUT2D eigenvalue weighted by Crippen LogP contribution is -2.51. The number of Topliss-reactive ketones (excluding diaryl/α,β-unsaturated/α-hetero) is 1. The van der Waals surface area contributed by atoms with Gasteiger partial charge in [0, 0.05) is 24.3 Å². The van der Waals surface area contributed by atoms with Crippen LogP contribution in [-0.4, -0.2) is 54.9 Å². The Hall–Kier alpha value is -3.62. The number of esters is 1. The highest BCUT2D eigenvalue weighted by atomic mass is 16.5. The Morgan fingerprint density at radius 3 is 1.95 bits per heavy atom. The molecule has 3 aromatic carbocycles. The molecule has 4 rings (SSSR count). The molecule has 5 atom stereocenters. The van der Waals surface area contributed by atoms with Gasteiger partial charge in [0.1, 0.15) is 12.2 Å². The van der Waals surface area contributed by atoms with Crippen molar-refractivity contribution in [3.63, 3.8) is 0 Å². The lowest BCUT2D eigenvalue weighted by Gasteiger charge is -2.38. The van der Waals surface area contributed by atoms with Crippen molar-refractivity contribution in [3.05, 3.63) is 119 Å². The molecule has 0 aromatic heterocycles. The van der Waals surface area contributed by atoms with Gasteiger partial charge in [0.25, 0.3) is 0 Å². The van der Waals surface area contributed by atoms with Crippen LogP contribution in [0.5, 0.6) is 0 Å². The summed E-state index contributed by atoms with van der Waals surface area (Å²) in [5.74, 6) is -1.74. The predicted molar refractivity (Wildman–Crippen MR) is 145 cm³/mol. The standard InChI is InChI=1S/C32H34O7/c1-37-32(36)25-18-26(29(35)27(33)19-25)30(38-20-23-13-7-3-8-14-23)31(39-21-24-15-9-4-10-16-24)28(34)17-22-11-5-2-6-12-22/h2-16,18,26-27,29-31,33,35H,17,19-21H2,1H3/t26-,27-,29-,30?,31?/m1/s1/i33T. The highest BCUT2D eigenvalue weighted by Gasteiger charge is 2.43. The Morgan fingerprint density at radius 2 is 1.41 bits per heavy atom. The van der Waals surface area contributed by atoms with Gasteiger partial charge in [-0.15, -0.1) is 0 Å². The lowest BCUT2D eigenvalue weighted by atomic mass is 9.79. The van der Waals surface area contributed by atoms with Crippen LogP contribution in [-0.2, 0) is 43.4 Å². The molecular formula is C32H34O7. The summed E-state index contributed by atoms with van der Waals surface area (Å²) in [6, 6.07) is 28.2. The van der Waals surface area contributed by atoms with Gasteiger partial charge in [-0.05, 0) is 16.7 Å². The summed E-state index contributed by atoms with van der Waals surface area (Å²) in [6.45, 7) is 0.262. The monoisotopic (exact) mass is 532 g/mol. The van der Waals surface area contributed by atoms with E-state index in [2.05, 4.69) is 0 Å². The number of hydrogen-bond donors (Lipinski definition) is 2. The van der Waals surface area contributed by atoms with Crippen LogP contribution in [0.2, 0.25) is 0 Å². The average molecular weight is 533 g/mol. The molecule has 0 saturated heterocycles. The molecule has 0 spiro atoms. The maximum absolute atomic E-state index is 13.9. The van der Waals surface area contributed by atoms with Gasteiger partial charge in [0.05, 0.1) is 32.5 Å². The number of carbonyl (C=O) groups is 2. The molecule has 0 amide bonds. The van der Waals surface area contributed by atoms with Crippen LogP contribution in [0.15, 0.2) is 103 Å². The van der Waals surface area contributed by atoms with E-state index in [1.165, 1.54) is 7.11 Å². The van der Waals surface area contributed by atoms with Gasteiger partial charge < -0.3 is 24.4 Å². The van der Waals surface area contributed by atoms with Gasteiger partial charge in [-0.2, -0.15) is 0 Å². The Morgan fingerprint density at radius 1 is 0.872 bits per heavy atom. The summed E-state index contributed by atoms with van der Waals surface area (Å²) in [4.78, 5) is 26.4. The molecule has 1 aliphatic rings. The summed E-state index contributed by atoms with van der Waals surface area (Å²) in [5, 5.41) is 16.1. The van der Waals surface area contributed by atoms with E-state index < -0.39 is 36.3 Å². The van der Waals surface area contributed by atoms with Crippen molar-refractivity contribution in [2.75, 3.05) is 7.11 Å². The molecule has 0 saturated carbocycles. The quantitative estimate of drug-likeness (QED) is 0.323. The van der Waals surface area contributed by atoms with Gasteiger partial charge in [-0.25, -0.2) is 4.79 Å². The molecule has 3 aromatic rings. The Labute approximate surface area is 230 Å². The first-order chi connectivity index (χ1) is 19.5. The zero-order valence-electron chi connectivity index (χ0n) is 22.8. The van der Waals surface area contributed by atoms with Gasteiger partial charge in [0.2, 0.25) is 1.43 Å². The number of ketones is 1. The number of ether oxygens (including phenoxy) is 3. The molecule has 2 N–H and O–H groups in total. The van der Waals surface area contributed by atoms with E-state index in [0.717, 1.165) is 16.7 Å². The van der Waals surface area contributed by atoms with Crippen LogP contribution in [0.1, 0.15) is 23.1 Å². The van der Waals surface area contributed by atoms with Gasteiger partial charge in [0.15, 0.2) is 5.78 Å². The summed E-state index contributed by atoms with van der Waals surface area (Å²) < 4.78 is 25.1. The van der Waals surface area contributed by atoms with Gasteiger partial charge in [-0.3, -0.25) is 4.79 Å². The third-order valence-corrected chi connectivity index (χ3v) is 6.81. The van der Waals surface area contributed by atoms with Crippen molar-refractivity contribution in [2.24, 2.45) is 5.92 Å². The van der Waals surface area contributed by atoms with Crippen molar-refractivity contribution in [2.45, 2.75) is 50.5 Å². The van der Waals surface area contributed by atoms with Crippen LogP contribution in [0.4, 0.5) is 0 Å². The molecule has 7 nitrogen and oxygen atoms in total. The molecule has 2 unspecified atom stereocenters. The van der Waals surface area contributed by atoms with E-state index >= 15 is 0 Å². The van der Waals surface area contributed by atoms with E-state index in [1.54, 1.807) is 6.08 Å². The van der Waals surface area contributed by atoms with Gasteiger partial charge >= 0.3 is 5.97 Å². The average Bonchev–Trinajstić information content (AvgIpc) is 3.00. The molecule has 0 radical (unpaired) electrons. The smallest absolute Gasteiger partial charge is 0.333 e. The number of aliphatic hydroxyl groups excluding tert-OH is 2. The fourth-order valence-corrected chi connectivity index (χ4v) is 4.75. The zero-order valence-corrected chi connectivity index (χ0v) is 21.8. The van der Waals surface area contributed by atoms with Crippen molar-refractivity contribution in [1.29, 1.82) is 1.43 Å². The number of carbonyl (C=O) groups excluding carboxylic acids is 2. The van der Waals surface area contributed by atoms with E-state index in [1.807, 2.05) is 91.0 Å². The SMILES string of the molecule is [3H]O[C@@H]1CC(C(=O)OC)=C[C@@H](C(OCc2ccccc2)C(OCc2ccccc2)C(=O)Cc2ccccc2)[C@H]1O. The zero-order chi connectivity index (χ0) is 28.3. The van der Waals surface area contributed by atoms with E-state index in [0.29, 0.717) is 0 Å². The van der Waals surface area contributed by atoms with Crippen LogP contribution < -0.4 is 0 Å². The van der Waals surface area contributed by atoms with Gasteiger partial charge in [-0.1, -0.05) is 97.1 Å². The molecule has 0 fully saturated rings. The molecular weight excluding hydrogens is 496 g/mol. The second-order valence-electron chi connectivity index (χ2n) is 9.60. The number of hydrogen-bond acceptors (Lipinski definition) is 7. The second-order valence-corrected chi connectivity index (χ2v) is 9.60. The third-order valence-electron chi connectivity index (χ3n) is 6.81. The highest BCUT2D eigenvalue weighted by molar-refractivity contribution is 5.89. The Bertz CT molecular complexity index is 1250. The van der Waals surface area contributed by atoms with Crippen molar-refractivity contribution in [1.82, 2.24) is 0 Å². The predicted octanol–water partition coefficient (Wildman–Crippen LogP) is 3.81. The first-order valence-electron chi connectivity index (χ1n) is 13.4. The van der Waals surface area contributed by atoms with Crippen LogP contribution in [0, 0.1) is 5.92 Å². The Balaban J connectivity index is 1.72. The maximum Gasteiger partial charge on any atom is 0.333 e. The first-order valence-corrected chi connectivity index (χ1v) is 13.0. The van der Waals surface area contributed by atoms with E-state index in [-0.39, 0.29) is 37.4 Å². The number of methoxy groups -OCH3 is 1. The highest BCUT2D eigenvalue weighted by Crippen LogP contribution is 2.32. The van der Waals surface area contributed by atoms with E-state index in [4.69, 9.17) is 20.8 Å². The summed E-state index contributed by atoms with van der Waals surface area (Å²) >= 11 is 0. The number of rotatable bonds is 13. The number of benzene rings is 3. The summed E-state index contributed by atoms with van der Waals surface area (Å²) in [6.07, 6.45) is -2.73. The molecule has 7 heteroatoms. The first kappa shape index (κ1) is 27.0. The van der Waals surface area contributed by atoms with Crippen LogP contribution in [0.25, 0.3) is 0 Å². The summed E-state index contributed by atoms with van der Waals surface area (Å²) in [7, 11) is 1.26. The minimum atomic E-state index is -1.24. The molecule has 0 aliphatic heterocycles. The largest absolute Gasteiger partial charge is 0.466 e. The molecule has 1 aliphatic carbocycles. The molecule has 204 valence electrons. The topological polar surface area (TPSA) is 102 Å². The minimum Gasteiger partial charge on any atom is -0.466 e. The fourth-order valence-electron chi connectivity index (χ4n) is 4.75. The number of aliphatic hydroxyl groups is 2. The molecule has 39 heavy (non-hydrogen) atoms. The van der Waals surface area contributed by atoms with Crippen LogP contribution in [0.3, 0.4) is 0 Å². The van der Waals surface area contributed by atoms with Crippen LogP contribution >= 0.6 is 0 Å². The normalized spacial score (nSPS) is 20.8. The molecule has 0 bridgehead atoms. The van der Waals surface area contributed by atoms with Crippen molar-refractivity contribution in [3.8, 4) is 0 Å². The molecule has 0 heterocycles. The Kier molecular flexibility index (Phi) is 9.65. The summed E-state index contributed by atoms with van der Waals surface area (Å²) in [5.41, 5.74) is 2.77. The fraction of sp³-hybridized carbons (Fsp3) is 0.312. The maximum atomic E-state index is 13.9. The third kappa shape index (κ3) is 7.71. The minimum absolute atomic E-state index is 0.00720. The van der Waals surface area contributed by atoms with Crippen molar-refractivity contribution >= 4 is 11.8 Å². The van der Waals surface area contributed by atoms with E-state index in [9.17, 15) is 14.7 Å². The van der Waals surface area contributed by atoms with Crippen molar-refractivity contribution < 1.29 is 34.0 Å². The lowest BCUT2D eigenvalue weighted by molar-refractivity contribution is -0.159.